The summed E-state index contributed by atoms with van der Waals surface area (Å²) in [6.45, 7) is 0.525. The fourth-order valence-electron chi connectivity index (χ4n) is 3.75. The summed E-state index contributed by atoms with van der Waals surface area (Å²) in [5.41, 5.74) is 1.12. The summed E-state index contributed by atoms with van der Waals surface area (Å²) in [7, 11) is 1.89. The van der Waals surface area contributed by atoms with Gasteiger partial charge in [0.15, 0.2) is 0 Å². The maximum Gasteiger partial charge on any atom is 0.406 e. The largest absolute Gasteiger partial charge is 0.406 e. The van der Waals surface area contributed by atoms with Crippen molar-refractivity contribution in [2.24, 2.45) is 7.05 Å². The van der Waals surface area contributed by atoms with Gasteiger partial charge in [0.05, 0.1) is 6.04 Å². The van der Waals surface area contributed by atoms with Crippen LogP contribution in [0, 0.1) is 0 Å². The number of hydrogen-bond acceptors (Lipinski definition) is 3. The average Bonchev–Trinajstić information content (AvgIpc) is 3.05. The van der Waals surface area contributed by atoms with Crippen LogP contribution in [-0.4, -0.2) is 63.9 Å². The van der Waals surface area contributed by atoms with Crippen LogP contribution < -0.4 is 0 Å². The van der Waals surface area contributed by atoms with E-state index in [1.807, 2.05) is 17.8 Å². The van der Waals surface area contributed by atoms with Gasteiger partial charge in [-0.05, 0) is 31.9 Å². The molecule has 0 saturated carbocycles. The van der Waals surface area contributed by atoms with Gasteiger partial charge in [0.1, 0.15) is 6.54 Å². The molecule has 2 aliphatic rings. The molecule has 5 nitrogen and oxygen atoms in total. The molecule has 2 saturated heterocycles. The van der Waals surface area contributed by atoms with E-state index >= 15 is 0 Å². The molecule has 0 spiro atoms. The summed E-state index contributed by atoms with van der Waals surface area (Å²) in [5.74, 6) is -0.103. The van der Waals surface area contributed by atoms with Crippen LogP contribution >= 0.6 is 0 Å². The molecule has 23 heavy (non-hydrogen) atoms. The summed E-state index contributed by atoms with van der Waals surface area (Å²) in [6.07, 6.45) is -0.140. The highest BCUT2D eigenvalue weighted by Crippen LogP contribution is 2.30. The Morgan fingerprint density at radius 1 is 1.30 bits per heavy atom. The van der Waals surface area contributed by atoms with Gasteiger partial charge in [-0.2, -0.15) is 18.3 Å². The SMILES string of the molecule is Cn1nccc1[C@H]1CCCN([C@H]2CCN(CC(F)(F)F)C2=O)C1. The van der Waals surface area contributed by atoms with E-state index in [1.54, 1.807) is 6.20 Å². The molecule has 0 N–H and O–H groups in total. The van der Waals surface area contributed by atoms with Crippen molar-refractivity contribution in [2.45, 2.75) is 37.4 Å². The molecule has 0 bridgehead atoms. The fraction of sp³-hybridized carbons (Fsp3) is 0.733. The second-order valence-electron chi connectivity index (χ2n) is 6.39. The van der Waals surface area contributed by atoms with Gasteiger partial charge in [-0.25, -0.2) is 0 Å². The molecule has 1 amide bonds. The molecule has 8 heteroatoms. The summed E-state index contributed by atoms with van der Waals surface area (Å²) >= 11 is 0. The van der Waals surface area contributed by atoms with E-state index in [1.165, 1.54) is 0 Å². The van der Waals surface area contributed by atoms with Crippen molar-refractivity contribution in [3.8, 4) is 0 Å². The first-order chi connectivity index (χ1) is 10.8. The molecule has 128 valence electrons. The van der Waals surface area contributed by atoms with Gasteiger partial charge in [0.25, 0.3) is 0 Å². The number of amides is 1. The Balaban J connectivity index is 1.65. The lowest BCUT2D eigenvalue weighted by molar-refractivity contribution is -0.159. The molecule has 0 aromatic carbocycles. The molecule has 0 aliphatic carbocycles. The van der Waals surface area contributed by atoms with Gasteiger partial charge in [0.2, 0.25) is 5.91 Å². The highest BCUT2D eigenvalue weighted by molar-refractivity contribution is 5.84. The standard InChI is InChI=1S/C15H21F3N4O/c1-20-12(4-6-19-20)11-3-2-7-21(9-11)13-5-8-22(14(13)23)10-15(16,17)18/h4,6,11,13H,2-3,5,7-10H2,1H3/t11-,13-/m0/s1. The molecule has 0 radical (unpaired) electrons. The van der Waals surface area contributed by atoms with Gasteiger partial charge in [0, 0.05) is 37.9 Å². The molecule has 1 aromatic heterocycles. The number of rotatable bonds is 3. The number of piperidine rings is 1. The second kappa shape index (κ2) is 6.14. The van der Waals surface area contributed by atoms with E-state index in [9.17, 15) is 18.0 Å². The van der Waals surface area contributed by atoms with Crippen LogP contribution in [-0.2, 0) is 11.8 Å². The van der Waals surface area contributed by atoms with Gasteiger partial charge in [-0.15, -0.1) is 0 Å². The topological polar surface area (TPSA) is 41.4 Å². The highest BCUT2D eigenvalue weighted by atomic mass is 19.4. The zero-order chi connectivity index (χ0) is 16.6. The van der Waals surface area contributed by atoms with E-state index < -0.39 is 18.8 Å². The number of carbonyl (C=O) groups excluding carboxylic acids is 1. The Morgan fingerprint density at radius 2 is 2.09 bits per heavy atom. The van der Waals surface area contributed by atoms with E-state index in [0.717, 1.165) is 30.0 Å². The van der Waals surface area contributed by atoms with Crippen molar-refractivity contribution < 1.29 is 18.0 Å². The molecular formula is C15H21F3N4O. The first-order valence-electron chi connectivity index (χ1n) is 7.92. The van der Waals surface area contributed by atoms with E-state index in [2.05, 4.69) is 10.00 Å². The lowest BCUT2D eigenvalue weighted by Crippen LogP contribution is -2.47. The average molecular weight is 330 g/mol. The molecular weight excluding hydrogens is 309 g/mol. The van der Waals surface area contributed by atoms with Gasteiger partial charge in [-0.3, -0.25) is 14.4 Å². The quantitative estimate of drug-likeness (QED) is 0.848. The minimum absolute atomic E-state index is 0.190. The molecule has 1 aromatic rings. The van der Waals surface area contributed by atoms with Crippen LogP contribution in [0.2, 0.25) is 0 Å². The van der Waals surface area contributed by atoms with E-state index in [-0.39, 0.29) is 18.4 Å². The van der Waals surface area contributed by atoms with Crippen molar-refractivity contribution in [2.75, 3.05) is 26.2 Å². The van der Waals surface area contributed by atoms with Crippen molar-refractivity contribution in [3.63, 3.8) is 0 Å². The van der Waals surface area contributed by atoms with Crippen molar-refractivity contribution in [1.29, 1.82) is 0 Å². The Labute approximate surface area is 133 Å². The summed E-state index contributed by atoms with van der Waals surface area (Å²) in [6, 6.07) is 1.56. The van der Waals surface area contributed by atoms with Crippen LogP contribution in [0.5, 0.6) is 0 Å². The molecule has 3 heterocycles. The van der Waals surface area contributed by atoms with Gasteiger partial charge in [-0.1, -0.05) is 0 Å². The van der Waals surface area contributed by atoms with Gasteiger partial charge < -0.3 is 4.90 Å². The number of nitrogens with zero attached hydrogens (tertiary/aromatic N) is 4. The maximum atomic E-state index is 12.5. The van der Waals surface area contributed by atoms with Crippen LogP contribution in [0.4, 0.5) is 13.2 Å². The predicted octanol–water partition coefficient (Wildman–Crippen LogP) is 1.76. The summed E-state index contributed by atoms with van der Waals surface area (Å²) < 4.78 is 39.4. The molecule has 2 aliphatic heterocycles. The fourth-order valence-corrected chi connectivity index (χ4v) is 3.75. The second-order valence-corrected chi connectivity index (χ2v) is 6.39. The molecule has 3 rings (SSSR count). The van der Waals surface area contributed by atoms with Crippen molar-refractivity contribution >= 4 is 5.91 Å². The molecule has 2 atom stereocenters. The molecule has 2 fully saturated rings. The van der Waals surface area contributed by atoms with Crippen LogP contribution in [0.25, 0.3) is 0 Å². The normalized spacial score (nSPS) is 27.0. The Kier molecular flexibility index (Phi) is 4.35. The lowest BCUT2D eigenvalue weighted by Gasteiger charge is -2.36. The third-order valence-corrected chi connectivity index (χ3v) is 4.81. The predicted molar refractivity (Wildman–Crippen MR) is 77.8 cm³/mol. The number of aromatic nitrogens is 2. The number of likely N-dealkylation sites (tertiary alicyclic amines) is 2. The third kappa shape index (κ3) is 3.52. The number of carbonyl (C=O) groups is 1. The molecule has 0 unspecified atom stereocenters. The van der Waals surface area contributed by atoms with Crippen LogP contribution in [0.1, 0.15) is 30.9 Å². The zero-order valence-corrected chi connectivity index (χ0v) is 13.1. The van der Waals surface area contributed by atoms with Gasteiger partial charge >= 0.3 is 6.18 Å². The maximum absolute atomic E-state index is 12.5. The lowest BCUT2D eigenvalue weighted by atomic mass is 9.93. The number of hydrogen-bond donors (Lipinski definition) is 0. The number of alkyl halides is 3. The van der Waals surface area contributed by atoms with E-state index in [0.29, 0.717) is 13.0 Å². The summed E-state index contributed by atoms with van der Waals surface area (Å²) in [4.78, 5) is 15.3. The van der Waals surface area contributed by atoms with Crippen LogP contribution in [0.15, 0.2) is 12.3 Å². The summed E-state index contributed by atoms with van der Waals surface area (Å²) in [5, 5.41) is 4.18. The van der Waals surface area contributed by atoms with E-state index in [4.69, 9.17) is 0 Å². The number of halogens is 3. The zero-order valence-electron chi connectivity index (χ0n) is 13.1. The number of aryl methyl sites for hydroxylation is 1. The van der Waals surface area contributed by atoms with Crippen LogP contribution in [0.3, 0.4) is 0 Å². The minimum Gasteiger partial charge on any atom is -0.332 e. The smallest absolute Gasteiger partial charge is 0.332 e. The minimum atomic E-state index is -4.33. The Bertz CT molecular complexity index is 571. The monoisotopic (exact) mass is 330 g/mol. The van der Waals surface area contributed by atoms with Crippen molar-refractivity contribution in [3.05, 3.63) is 18.0 Å². The van der Waals surface area contributed by atoms with Crippen molar-refractivity contribution in [1.82, 2.24) is 19.6 Å². The Hall–Kier alpha value is -1.57. The first-order valence-corrected chi connectivity index (χ1v) is 7.92. The third-order valence-electron chi connectivity index (χ3n) is 4.81. The first kappa shape index (κ1) is 16.3. The highest BCUT2D eigenvalue weighted by Gasteiger charge is 2.42. The Morgan fingerprint density at radius 3 is 2.74 bits per heavy atom.